The fourth-order valence-corrected chi connectivity index (χ4v) is 4.10. The minimum absolute atomic E-state index is 0.0937. The topological polar surface area (TPSA) is 89.9 Å². The molecule has 2 aromatic carbocycles. The van der Waals surface area contributed by atoms with Gasteiger partial charge in [-0.2, -0.15) is 5.10 Å². The summed E-state index contributed by atoms with van der Waals surface area (Å²) in [5, 5.41) is 6.22. The Bertz CT molecular complexity index is 1080. The first kappa shape index (κ1) is 27.0. The molecule has 0 aromatic heterocycles. The molecule has 1 aliphatic heterocycles. The van der Waals surface area contributed by atoms with Crippen molar-refractivity contribution in [2.45, 2.75) is 26.3 Å². The Morgan fingerprint density at radius 1 is 1.00 bits per heavy atom. The van der Waals surface area contributed by atoms with Crippen molar-refractivity contribution in [3.8, 4) is 17.2 Å². The molecule has 2 aromatic rings. The Morgan fingerprint density at radius 3 is 2.25 bits per heavy atom. The van der Waals surface area contributed by atoms with Crippen LogP contribution in [0.5, 0.6) is 17.2 Å². The maximum atomic E-state index is 13.6. The van der Waals surface area contributed by atoms with Crippen molar-refractivity contribution in [2.24, 2.45) is 11.0 Å². The van der Waals surface area contributed by atoms with Crippen LogP contribution in [0.1, 0.15) is 37.4 Å². The van der Waals surface area contributed by atoms with Gasteiger partial charge >= 0.3 is 0 Å². The molecule has 0 N–H and O–H groups in total. The Labute approximate surface area is 212 Å². The molecule has 3 rings (SSSR count). The molecule has 2 amide bonds. The number of methoxy groups -OCH3 is 4. The Hall–Kier alpha value is -3.59. The van der Waals surface area contributed by atoms with Crippen molar-refractivity contribution < 1.29 is 28.5 Å². The van der Waals surface area contributed by atoms with Crippen LogP contribution in [0.15, 0.2) is 47.6 Å². The molecule has 0 fully saturated rings. The largest absolute Gasteiger partial charge is 0.497 e. The lowest BCUT2D eigenvalue weighted by atomic mass is 9.97. The van der Waals surface area contributed by atoms with Gasteiger partial charge in [0, 0.05) is 37.6 Å². The van der Waals surface area contributed by atoms with Crippen molar-refractivity contribution in [1.29, 1.82) is 0 Å². The molecule has 1 atom stereocenters. The molecule has 0 saturated carbocycles. The van der Waals surface area contributed by atoms with Crippen molar-refractivity contribution in [3.05, 3.63) is 53.6 Å². The lowest BCUT2D eigenvalue weighted by molar-refractivity contribution is -0.143. The zero-order valence-corrected chi connectivity index (χ0v) is 21.8. The number of amides is 2. The summed E-state index contributed by atoms with van der Waals surface area (Å²) in [6, 6.07) is 12.7. The van der Waals surface area contributed by atoms with Gasteiger partial charge in [0.05, 0.1) is 39.7 Å². The summed E-state index contributed by atoms with van der Waals surface area (Å²) in [5.74, 6) is 1.36. The van der Waals surface area contributed by atoms with E-state index in [9.17, 15) is 9.59 Å². The molecule has 1 heterocycles. The second-order valence-corrected chi connectivity index (χ2v) is 8.75. The fourth-order valence-electron chi connectivity index (χ4n) is 4.10. The zero-order valence-electron chi connectivity index (χ0n) is 21.8. The van der Waals surface area contributed by atoms with Crippen LogP contribution in [0.3, 0.4) is 0 Å². The van der Waals surface area contributed by atoms with Crippen molar-refractivity contribution in [3.63, 3.8) is 0 Å². The third kappa shape index (κ3) is 6.15. The van der Waals surface area contributed by atoms with Crippen LogP contribution in [0.25, 0.3) is 0 Å². The predicted octanol–water partition coefficient (Wildman–Crippen LogP) is 3.52. The highest BCUT2D eigenvalue weighted by molar-refractivity contribution is 6.05. The second kappa shape index (κ2) is 12.4. The van der Waals surface area contributed by atoms with Crippen molar-refractivity contribution in [1.82, 2.24) is 9.91 Å². The molecule has 9 nitrogen and oxygen atoms in total. The monoisotopic (exact) mass is 497 g/mol. The Balaban J connectivity index is 1.97. The van der Waals surface area contributed by atoms with E-state index in [0.717, 1.165) is 16.9 Å². The van der Waals surface area contributed by atoms with Gasteiger partial charge in [0.15, 0.2) is 0 Å². The van der Waals surface area contributed by atoms with Gasteiger partial charge in [-0.05, 0) is 29.8 Å². The molecule has 0 radical (unpaired) electrons. The summed E-state index contributed by atoms with van der Waals surface area (Å²) in [4.78, 5) is 27.9. The minimum Gasteiger partial charge on any atom is -0.497 e. The van der Waals surface area contributed by atoms with Crippen LogP contribution >= 0.6 is 0 Å². The van der Waals surface area contributed by atoms with Crippen molar-refractivity contribution >= 4 is 17.5 Å². The number of hydrazone groups is 1. The van der Waals surface area contributed by atoms with E-state index in [1.807, 2.05) is 50.2 Å². The normalized spacial score (nSPS) is 15.0. The highest BCUT2D eigenvalue weighted by Crippen LogP contribution is 2.36. The molecule has 0 bridgehead atoms. The minimum atomic E-state index is -0.344. The molecule has 36 heavy (non-hydrogen) atoms. The lowest BCUT2D eigenvalue weighted by Crippen LogP contribution is -2.44. The number of rotatable bonds is 11. The van der Waals surface area contributed by atoms with Gasteiger partial charge in [0.2, 0.25) is 5.91 Å². The van der Waals surface area contributed by atoms with Gasteiger partial charge in [-0.1, -0.05) is 26.0 Å². The highest BCUT2D eigenvalue weighted by Gasteiger charge is 2.35. The standard InChI is InChI=1S/C27H35N3O6/c1-18(2)27(32)29(13-14-33-3)17-26(31)30-24(19-7-9-20(34-4)10-8-19)16-23(28-30)22-12-11-21(35-5)15-25(22)36-6/h7-12,15,18,24H,13-14,16-17H2,1-6H3. The van der Waals surface area contributed by atoms with E-state index in [4.69, 9.17) is 24.0 Å². The SMILES string of the molecule is COCCN(CC(=O)N1N=C(c2ccc(OC)cc2OC)CC1c1ccc(OC)cc1)C(=O)C(C)C. The highest BCUT2D eigenvalue weighted by atomic mass is 16.5. The Morgan fingerprint density at radius 2 is 1.67 bits per heavy atom. The van der Waals surface area contributed by atoms with Crippen LogP contribution in [0, 0.1) is 5.92 Å². The third-order valence-corrected chi connectivity index (χ3v) is 6.08. The van der Waals surface area contributed by atoms with Gasteiger partial charge in [-0.15, -0.1) is 0 Å². The molecular formula is C27H35N3O6. The maximum Gasteiger partial charge on any atom is 0.262 e. The quantitative estimate of drug-likeness (QED) is 0.472. The number of carbonyl (C=O) groups excluding carboxylic acids is 2. The predicted molar refractivity (Wildman–Crippen MR) is 137 cm³/mol. The molecule has 0 saturated heterocycles. The number of hydrogen-bond acceptors (Lipinski definition) is 7. The fraction of sp³-hybridized carbons (Fsp3) is 0.444. The number of nitrogens with zero attached hydrogens (tertiary/aromatic N) is 3. The molecule has 0 spiro atoms. The first-order valence-corrected chi connectivity index (χ1v) is 11.9. The summed E-state index contributed by atoms with van der Waals surface area (Å²) >= 11 is 0. The van der Waals surface area contributed by atoms with E-state index in [1.165, 1.54) is 9.91 Å². The number of hydrogen-bond donors (Lipinski definition) is 0. The molecule has 9 heteroatoms. The first-order chi connectivity index (χ1) is 17.3. The molecule has 1 unspecified atom stereocenters. The van der Waals surface area contributed by atoms with Gasteiger partial charge in [-0.25, -0.2) is 5.01 Å². The van der Waals surface area contributed by atoms with Gasteiger partial charge in [0.25, 0.3) is 5.91 Å². The van der Waals surface area contributed by atoms with Crippen LogP contribution in [-0.4, -0.2) is 75.6 Å². The van der Waals surface area contributed by atoms with Crippen LogP contribution in [0.4, 0.5) is 0 Å². The zero-order chi connectivity index (χ0) is 26.2. The first-order valence-electron chi connectivity index (χ1n) is 11.9. The summed E-state index contributed by atoms with van der Waals surface area (Å²) in [7, 11) is 6.36. The Kier molecular flexibility index (Phi) is 9.30. The smallest absolute Gasteiger partial charge is 0.262 e. The van der Waals surface area contributed by atoms with E-state index < -0.39 is 0 Å². The summed E-state index contributed by atoms with van der Waals surface area (Å²) in [5.41, 5.74) is 2.40. The number of benzene rings is 2. The summed E-state index contributed by atoms with van der Waals surface area (Å²) < 4.78 is 21.4. The molecule has 0 aliphatic carbocycles. The van der Waals surface area contributed by atoms with Gasteiger partial charge < -0.3 is 23.8 Å². The summed E-state index contributed by atoms with van der Waals surface area (Å²) in [6.07, 6.45) is 0.483. The van der Waals surface area contributed by atoms with Crippen LogP contribution < -0.4 is 14.2 Å². The second-order valence-electron chi connectivity index (χ2n) is 8.75. The number of carbonyl (C=O) groups is 2. The molecular weight excluding hydrogens is 462 g/mol. The molecule has 1 aliphatic rings. The maximum absolute atomic E-state index is 13.6. The van der Waals surface area contributed by atoms with E-state index in [0.29, 0.717) is 36.8 Å². The van der Waals surface area contributed by atoms with E-state index >= 15 is 0 Å². The van der Waals surface area contributed by atoms with Gasteiger partial charge in [0.1, 0.15) is 23.8 Å². The van der Waals surface area contributed by atoms with Gasteiger partial charge in [-0.3, -0.25) is 9.59 Å². The average Bonchev–Trinajstić information content (AvgIpc) is 3.35. The van der Waals surface area contributed by atoms with E-state index in [1.54, 1.807) is 34.5 Å². The van der Waals surface area contributed by atoms with E-state index in [-0.39, 0.29) is 30.3 Å². The molecule has 194 valence electrons. The lowest BCUT2D eigenvalue weighted by Gasteiger charge is -2.28. The summed E-state index contributed by atoms with van der Waals surface area (Å²) in [6.45, 7) is 4.20. The third-order valence-electron chi connectivity index (χ3n) is 6.08. The van der Waals surface area contributed by atoms with Crippen LogP contribution in [-0.2, 0) is 14.3 Å². The van der Waals surface area contributed by atoms with E-state index in [2.05, 4.69) is 0 Å². The van der Waals surface area contributed by atoms with Crippen LogP contribution in [0.2, 0.25) is 0 Å². The number of ether oxygens (including phenoxy) is 4. The van der Waals surface area contributed by atoms with Crippen molar-refractivity contribution in [2.75, 3.05) is 48.1 Å². The average molecular weight is 498 g/mol.